The molecular weight excluding hydrogens is 276 g/mol. The fraction of sp³-hybridized carbons (Fsp3) is 0.429. The molecule has 0 saturated carbocycles. The third-order valence-corrected chi connectivity index (χ3v) is 4.26. The van der Waals surface area contributed by atoms with E-state index in [-0.39, 0.29) is 17.6 Å². The minimum absolute atomic E-state index is 0.111. The van der Waals surface area contributed by atoms with Crippen molar-refractivity contribution in [2.75, 3.05) is 16.8 Å². The highest BCUT2D eigenvalue weighted by atomic mass is 32.2. The van der Waals surface area contributed by atoms with E-state index >= 15 is 0 Å². The summed E-state index contributed by atoms with van der Waals surface area (Å²) in [6, 6.07) is 4.78. The Bertz CT molecular complexity index is 513. The van der Waals surface area contributed by atoms with Crippen LogP contribution in [0.25, 0.3) is 0 Å². The first kappa shape index (κ1) is 14.7. The fourth-order valence-electron chi connectivity index (χ4n) is 2.13. The van der Waals surface area contributed by atoms with Crippen molar-refractivity contribution in [2.24, 2.45) is 0 Å². The minimum atomic E-state index is -1.04. The Morgan fingerprint density at radius 1 is 1.30 bits per heavy atom. The summed E-state index contributed by atoms with van der Waals surface area (Å²) in [7, 11) is 0. The average molecular weight is 294 g/mol. The van der Waals surface area contributed by atoms with Crippen LogP contribution in [0, 0.1) is 6.92 Å². The van der Waals surface area contributed by atoms with Crippen LogP contribution in [-0.4, -0.2) is 34.7 Å². The van der Waals surface area contributed by atoms with Gasteiger partial charge >= 0.3 is 12.0 Å². The van der Waals surface area contributed by atoms with E-state index in [9.17, 15) is 9.59 Å². The lowest BCUT2D eigenvalue weighted by atomic mass is 10.1. The number of hydrogen-bond donors (Lipinski definition) is 3. The predicted molar refractivity (Wildman–Crippen MR) is 80.6 cm³/mol. The average Bonchev–Trinajstić information content (AvgIpc) is 2.41. The van der Waals surface area contributed by atoms with Gasteiger partial charge in [0, 0.05) is 6.04 Å². The van der Waals surface area contributed by atoms with Gasteiger partial charge in [-0.3, -0.25) is 0 Å². The molecule has 0 aliphatic carbocycles. The van der Waals surface area contributed by atoms with E-state index < -0.39 is 5.97 Å². The molecular formula is C14H18N2O3S. The van der Waals surface area contributed by atoms with Gasteiger partial charge in [-0.1, -0.05) is 11.6 Å². The Labute approximate surface area is 122 Å². The van der Waals surface area contributed by atoms with Crippen LogP contribution in [0.5, 0.6) is 0 Å². The second kappa shape index (κ2) is 6.65. The molecule has 0 aromatic heterocycles. The van der Waals surface area contributed by atoms with E-state index in [4.69, 9.17) is 5.11 Å². The van der Waals surface area contributed by atoms with Gasteiger partial charge in [-0.2, -0.15) is 11.8 Å². The SMILES string of the molecule is Cc1ccc(NC(=O)NC2CCSCC2)c(C(=O)O)c1. The van der Waals surface area contributed by atoms with Gasteiger partial charge in [-0.15, -0.1) is 0 Å². The van der Waals surface area contributed by atoms with Gasteiger partial charge in [-0.05, 0) is 43.4 Å². The van der Waals surface area contributed by atoms with Gasteiger partial charge in [0.05, 0.1) is 11.3 Å². The number of urea groups is 1. The lowest BCUT2D eigenvalue weighted by Gasteiger charge is -2.22. The van der Waals surface area contributed by atoms with Gasteiger partial charge in [0.15, 0.2) is 0 Å². The van der Waals surface area contributed by atoms with Crippen LogP contribution in [0.4, 0.5) is 10.5 Å². The Morgan fingerprint density at radius 2 is 2.00 bits per heavy atom. The number of carboxylic acid groups (broad SMARTS) is 1. The molecule has 0 spiro atoms. The highest BCUT2D eigenvalue weighted by molar-refractivity contribution is 7.99. The molecule has 1 aliphatic heterocycles. The summed E-state index contributed by atoms with van der Waals surface area (Å²) < 4.78 is 0. The Kier molecular flexibility index (Phi) is 4.89. The van der Waals surface area contributed by atoms with Crippen LogP contribution in [0.2, 0.25) is 0 Å². The number of anilines is 1. The van der Waals surface area contributed by atoms with Crippen LogP contribution in [0.1, 0.15) is 28.8 Å². The first-order valence-electron chi connectivity index (χ1n) is 6.55. The van der Waals surface area contributed by atoms with Crippen molar-refractivity contribution in [3.8, 4) is 0 Å². The van der Waals surface area contributed by atoms with Gasteiger partial charge in [0.2, 0.25) is 0 Å². The maximum atomic E-state index is 11.9. The van der Waals surface area contributed by atoms with Crippen LogP contribution >= 0.6 is 11.8 Å². The summed E-state index contributed by atoms with van der Waals surface area (Å²) in [4.78, 5) is 23.1. The molecule has 1 aromatic rings. The van der Waals surface area contributed by atoms with Crippen molar-refractivity contribution in [3.05, 3.63) is 29.3 Å². The van der Waals surface area contributed by atoms with E-state index in [1.54, 1.807) is 18.2 Å². The van der Waals surface area contributed by atoms with Gasteiger partial charge < -0.3 is 15.7 Å². The number of amides is 2. The summed E-state index contributed by atoms with van der Waals surface area (Å²) in [5.74, 6) is 1.06. The number of carbonyl (C=O) groups is 2. The number of carbonyl (C=O) groups excluding carboxylic acids is 1. The van der Waals surface area contributed by atoms with Crippen LogP contribution in [0.15, 0.2) is 18.2 Å². The molecule has 2 amide bonds. The van der Waals surface area contributed by atoms with Crippen LogP contribution < -0.4 is 10.6 Å². The number of hydrogen-bond acceptors (Lipinski definition) is 3. The first-order chi connectivity index (χ1) is 9.56. The summed E-state index contributed by atoms with van der Waals surface area (Å²) in [5.41, 5.74) is 1.28. The highest BCUT2D eigenvalue weighted by Gasteiger charge is 2.17. The number of nitrogens with one attached hydrogen (secondary N) is 2. The topological polar surface area (TPSA) is 78.4 Å². The van der Waals surface area contributed by atoms with E-state index in [0.717, 1.165) is 29.9 Å². The zero-order valence-electron chi connectivity index (χ0n) is 11.3. The molecule has 0 bridgehead atoms. The van der Waals surface area contributed by atoms with E-state index in [1.165, 1.54) is 0 Å². The van der Waals surface area contributed by atoms with E-state index in [1.807, 2.05) is 18.7 Å². The Balaban J connectivity index is 2.01. The molecule has 1 aliphatic rings. The smallest absolute Gasteiger partial charge is 0.337 e. The van der Waals surface area contributed by atoms with E-state index in [0.29, 0.717) is 5.69 Å². The normalized spacial score (nSPS) is 15.7. The molecule has 0 radical (unpaired) electrons. The van der Waals surface area contributed by atoms with Crippen molar-refractivity contribution in [1.82, 2.24) is 5.32 Å². The number of thioether (sulfide) groups is 1. The third-order valence-electron chi connectivity index (χ3n) is 3.21. The fourth-order valence-corrected chi connectivity index (χ4v) is 3.24. The highest BCUT2D eigenvalue weighted by Crippen LogP contribution is 2.19. The lowest BCUT2D eigenvalue weighted by Crippen LogP contribution is -2.40. The van der Waals surface area contributed by atoms with Crippen molar-refractivity contribution >= 4 is 29.4 Å². The molecule has 1 saturated heterocycles. The summed E-state index contributed by atoms with van der Waals surface area (Å²) in [6.07, 6.45) is 1.91. The number of rotatable bonds is 3. The van der Waals surface area contributed by atoms with Crippen molar-refractivity contribution in [1.29, 1.82) is 0 Å². The second-order valence-electron chi connectivity index (χ2n) is 4.84. The maximum Gasteiger partial charge on any atom is 0.337 e. The quantitative estimate of drug-likeness (QED) is 0.801. The van der Waals surface area contributed by atoms with Gasteiger partial charge in [0.25, 0.3) is 0 Å². The molecule has 1 fully saturated rings. The number of benzene rings is 1. The number of aryl methyl sites for hydroxylation is 1. The van der Waals surface area contributed by atoms with E-state index in [2.05, 4.69) is 10.6 Å². The maximum absolute atomic E-state index is 11.9. The van der Waals surface area contributed by atoms with Crippen LogP contribution in [0.3, 0.4) is 0 Å². The zero-order chi connectivity index (χ0) is 14.5. The third kappa shape index (κ3) is 3.90. The second-order valence-corrected chi connectivity index (χ2v) is 6.06. The molecule has 108 valence electrons. The molecule has 1 heterocycles. The molecule has 0 atom stereocenters. The predicted octanol–water partition coefficient (Wildman–Crippen LogP) is 2.71. The van der Waals surface area contributed by atoms with Crippen molar-refractivity contribution in [3.63, 3.8) is 0 Å². The number of carboxylic acids is 1. The molecule has 1 aromatic carbocycles. The molecule has 0 unspecified atom stereocenters. The molecule has 3 N–H and O–H groups in total. The standard InChI is InChI=1S/C14H18N2O3S/c1-9-2-3-12(11(8-9)13(17)18)16-14(19)15-10-4-6-20-7-5-10/h2-3,8,10H,4-7H2,1H3,(H,17,18)(H2,15,16,19). The monoisotopic (exact) mass is 294 g/mol. The van der Waals surface area contributed by atoms with Gasteiger partial charge in [0.1, 0.15) is 0 Å². The zero-order valence-corrected chi connectivity index (χ0v) is 12.1. The summed E-state index contributed by atoms with van der Waals surface area (Å²) in [6.45, 7) is 1.82. The van der Waals surface area contributed by atoms with Crippen LogP contribution in [-0.2, 0) is 0 Å². The largest absolute Gasteiger partial charge is 0.478 e. The number of aromatic carboxylic acids is 1. The Morgan fingerprint density at radius 3 is 2.65 bits per heavy atom. The minimum Gasteiger partial charge on any atom is -0.478 e. The Hall–Kier alpha value is -1.69. The molecule has 5 nitrogen and oxygen atoms in total. The molecule has 20 heavy (non-hydrogen) atoms. The van der Waals surface area contributed by atoms with Crippen molar-refractivity contribution in [2.45, 2.75) is 25.8 Å². The summed E-state index contributed by atoms with van der Waals surface area (Å²) >= 11 is 1.89. The lowest BCUT2D eigenvalue weighted by molar-refractivity contribution is 0.0698. The summed E-state index contributed by atoms with van der Waals surface area (Å²) in [5, 5.41) is 14.7. The molecule has 2 rings (SSSR count). The van der Waals surface area contributed by atoms with Crippen molar-refractivity contribution < 1.29 is 14.7 Å². The first-order valence-corrected chi connectivity index (χ1v) is 7.71. The van der Waals surface area contributed by atoms with Gasteiger partial charge in [-0.25, -0.2) is 9.59 Å². The molecule has 6 heteroatoms.